The molecule has 124 valence electrons. The number of nitrogens with one attached hydrogen (secondary N) is 1. The molecule has 0 radical (unpaired) electrons. The van der Waals surface area contributed by atoms with Crippen LogP contribution in [-0.2, 0) is 4.79 Å². The van der Waals surface area contributed by atoms with Crippen molar-refractivity contribution in [3.8, 4) is 16.4 Å². The number of para-hydroxylation sites is 1. The van der Waals surface area contributed by atoms with Crippen LogP contribution in [0.5, 0.6) is 5.75 Å². The van der Waals surface area contributed by atoms with Gasteiger partial charge in [-0.1, -0.05) is 18.2 Å². The molecule has 0 saturated heterocycles. The van der Waals surface area contributed by atoms with Crippen molar-refractivity contribution in [1.29, 1.82) is 0 Å². The molecule has 0 fully saturated rings. The first-order chi connectivity index (χ1) is 11.7. The van der Waals surface area contributed by atoms with Crippen molar-refractivity contribution in [2.75, 3.05) is 13.2 Å². The van der Waals surface area contributed by atoms with Crippen LogP contribution in [0.3, 0.4) is 0 Å². The number of furan rings is 1. The van der Waals surface area contributed by atoms with Crippen LogP contribution < -0.4 is 10.1 Å². The summed E-state index contributed by atoms with van der Waals surface area (Å²) in [6.07, 6.45) is 0.845. The van der Waals surface area contributed by atoms with E-state index in [4.69, 9.17) is 9.15 Å². The molecular weight excluding hydrogens is 326 g/mol. The number of thiophene rings is 1. The molecule has 2 heterocycles. The van der Waals surface area contributed by atoms with Gasteiger partial charge in [-0.25, -0.2) is 0 Å². The van der Waals surface area contributed by atoms with Crippen LogP contribution in [0.25, 0.3) is 10.6 Å². The highest BCUT2D eigenvalue weighted by Crippen LogP contribution is 2.31. The van der Waals surface area contributed by atoms with Crippen molar-refractivity contribution < 1.29 is 19.1 Å². The Hall–Kier alpha value is -2.57. The molecule has 3 aromatic rings. The summed E-state index contributed by atoms with van der Waals surface area (Å²) < 4.78 is 10.7. The lowest BCUT2D eigenvalue weighted by Crippen LogP contribution is -2.32. The summed E-state index contributed by atoms with van der Waals surface area (Å²) in [4.78, 5) is 13.5. The van der Waals surface area contributed by atoms with Gasteiger partial charge in [0.1, 0.15) is 17.6 Å². The van der Waals surface area contributed by atoms with Gasteiger partial charge in [0, 0.05) is 11.4 Å². The second-order valence-corrected chi connectivity index (χ2v) is 6.22. The average molecular weight is 343 g/mol. The van der Waals surface area contributed by atoms with Crippen molar-refractivity contribution in [2.45, 2.75) is 6.10 Å². The fourth-order valence-corrected chi connectivity index (χ4v) is 3.07. The smallest absolute Gasteiger partial charge is 0.258 e. The van der Waals surface area contributed by atoms with E-state index in [1.54, 1.807) is 18.4 Å². The molecule has 0 spiro atoms. The third kappa shape index (κ3) is 4.24. The fourth-order valence-electron chi connectivity index (χ4n) is 2.11. The molecule has 1 unspecified atom stereocenters. The van der Waals surface area contributed by atoms with Crippen molar-refractivity contribution in [1.82, 2.24) is 5.32 Å². The number of aliphatic hydroxyl groups is 1. The van der Waals surface area contributed by atoms with Crippen LogP contribution >= 0.6 is 11.3 Å². The molecule has 1 aromatic carbocycles. The van der Waals surface area contributed by atoms with Crippen LogP contribution in [-0.4, -0.2) is 24.2 Å². The molecule has 2 aromatic heterocycles. The summed E-state index contributed by atoms with van der Waals surface area (Å²) in [5.41, 5.74) is 0. The Labute approximate surface area is 143 Å². The van der Waals surface area contributed by atoms with Crippen LogP contribution in [0.15, 0.2) is 65.3 Å². The lowest BCUT2D eigenvalue weighted by molar-refractivity contribution is -0.123. The molecule has 1 atom stereocenters. The summed E-state index contributed by atoms with van der Waals surface area (Å²) >= 11 is 1.43. The van der Waals surface area contributed by atoms with E-state index in [-0.39, 0.29) is 19.1 Å². The highest BCUT2D eigenvalue weighted by atomic mass is 32.1. The van der Waals surface area contributed by atoms with E-state index >= 15 is 0 Å². The second kappa shape index (κ2) is 7.81. The number of hydrogen-bond acceptors (Lipinski definition) is 5. The topological polar surface area (TPSA) is 71.7 Å². The van der Waals surface area contributed by atoms with Gasteiger partial charge in [-0.05, 0) is 36.4 Å². The lowest BCUT2D eigenvalue weighted by atomic mass is 10.3. The Morgan fingerprint density at radius 3 is 2.75 bits per heavy atom. The number of carbonyl (C=O) groups excluding carboxylic acids is 1. The van der Waals surface area contributed by atoms with Crippen molar-refractivity contribution in [2.24, 2.45) is 0 Å². The van der Waals surface area contributed by atoms with Crippen LogP contribution in [0.2, 0.25) is 0 Å². The Bertz CT molecular complexity index is 767. The predicted octanol–water partition coefficient (Wildman–Crippen LogP) is 3.24. The van der Waals surface area contributed by atoms with Crippen molar-refractivity contribution in [3.05, 3.63) is 65.7 Å². The summed E-state index contributed by atoms with van der Waals surface area (Å²) in [7, 11) is 0. The van der Waals surface area contributed by atoms with E-state index in [0.29, 0.717) is 5.75 Å². The van der Waals surface area contributed by atoms with Gasteiger partial charge in [-0.2, -0.15) is 0 Å². The first-order valence-corrected chi connectivity index (χ1v) is 8.30. The molecule has 24 heavy (non-hydrogen) atoms. The van der Waals surface area contributed by atoms with Crippen LogP contribution in [0.1, 0.15) is 11.0 Å². The summed E-state index contributed by atoms with van der Waals surface area (Å²) in [6.45, 7) is 0.0495. The summed E-state index contributed by atoms with van der Waals surface area (Å²) in [5, 5.41) is 12.9. The van der Waals surface area contributed by atoms with Gasteiger partial charge in [0.2, 0.25) is 0 Å². The van der Waals surface area contributed by atoms with Crippen molar-refractivity contribution in [3.63, 3.8) is 0 Å². The minimum atomic E-state index is -0.764. The van der Waals surface area contributed by atoms with Gasteiger partial charge in [0.05, 0.1) is 11.1 Å². The largest absolute Gasteiger partial charge is 0.484 e. The van der Waals surface area contributed by atoms with Gasteiger partial charge in [0.25, 0.3) is 5.91 Å². The number of aliphatic hydroxyl groups excluding tert-OH is 1. The maximum Gasteiger partial charge on any atom is 0.258 e. The minimum absolute atomic E-state index is 0.0845. The summed E-state index contributed by atoms with van der Waals surface area (Å²) in [5.74, 6) is 1.12. The number of carbonyl (C=O) groups is 1. The number of amides is 1. The predicted molar refractivity (Wildman–Crippen MR) is 91.9 cm³/mol. The van der Waals surface area contributed by atoms with E-state index in [1.165, 1.54) is 11.3 Å². The Kier molecular flexibility index (Phi) is 5.30. The zero-order chi connectivity index (χ0) is 16.8. The lowest BCUT2D eigenvalue weighted by Gasteiger charge is -2.11. The van der Waals surface area contributed by atoms with E-state index in [9.17, 15) is 9.90 Å². The van der Waals surface area contributed by atoms with Gasteiger partial charge < -0.3 is 19.6 Å². The van der Waals surface area contributed by atoms with Crippen LogP contribution in [0.4, 0.5) is 0 Å². The molecule has 6 heteroatoms. The van der Waals surface area contributed by atoms with E-state index in [2.05, 4.69) is 5.32 Å². The van der Waals surface area contributed by atoms with E-state index in [0.717, 1.165) is 15.5 Å². The van der Waals surface area contributed by atoms with Gasteiger partial charge in [0.15, 0.2) is 6.61 Å². The Morgan fingerprint density at radius 1 is 1.17 bits per heavy atom. The normalized spacial score (nSPS) is 11.9. The van der Waals surface area contributed by atoms with Gasteiger partial charge in [-0.15, -0.1) is 11.3 Å². The highest BCUT2D eigenvalue weighted by molar-refractivity contribution is 7.15. The Balaban J connectivity index is 1.46. The average Bonchev–Trinajstić information content (AvgIpc) is 3.29. The molecule has 5 nitrogen and oxygen atoms in total. The highest BCUT2D eigenvalue weighted by Gasteiger charge is 2.14. The fraction of sp³-hybridized carbons (Fsp3) is 0.167. The maximum atomic E-state index is 11.8. The third-order valence-electron chi connectivity index (χ3n) is 3.32. The van der Waals surface area contributed by atoms with E-state index in [1.807, 2.05) is 42.5 Å². The first kappa shape index (κ1) is 16.3. The molecule has 0 aliphatic carbocycles. The van der Waals surface area contributed by atoms with Gasteiger partial charge in [-0.3, -0.25) is 4.79 Å². The van der Waals surface area contributed by atoms with E-state index < -0.39 is 6.10 Å². The molecule has 0 bridgehead atoms. The molecule has 2 N–H and O–H groups in total. The van der Waals surface area contributed by atoms with Gasteiger partial charge >= 0.3 is 0 Å². The maximum absolute atomic E-state index is 11.8. The van der Waals surface area contributed by atoms with Crippen LogP contribution in [0, 0.1) is 0 Å². The zero-order valence-corrected chi connectivity index (χ0v) is 13.7. The first-order valence-electron chi connectivity index (χ1n) is 7.48. The quantitative estimate of drug-likeness (QED) is 0.691. The number of hydrogen-bond donors (Lipinski definition) is 2. The second-order valence-electron chi connectivity index (χ2n) is 5.10. The van der Waals surface area contributed by atoms with Crippen molar-refractivity contribution >= 4 is 17.2 Å². The third-order valence-corrected chi connectivity index (χ3v) is 4.53. The monoisotopic (exact) mass is 343 g/mol. The zero-order valence-electron chi connectivity index (χ0n) is 12.8. The molecule has 0 saturated carbocycles. The number of ether oxygens (including phenoxy) is 1. The number of rotatable bonds is 7. The molecule has 1 amide bonds. The standard InChI is InChI=1S/C18H17NO4S/c20-14(16-8-9-17(24-16)15-7-4-10-22-15)11-19-18(21)12-23-13-5-2-1-3-6-13/h1-10,14,20H,11-12H2,(H,19,21). The molecule has 0 aliphatic heterocycles. The molecular formula is C18H17NO4S. The molecule has 3 rings (SSSR count). The summed E-state index contributed by atoms with van der Waals surface area (Å²) in [6, 6.07) is 16.5. The minimum Gasteiger partial charge on any atom is -0.484 e. The number of benzene rings is 1. The molecule has 0 aliphatic rings. The SMILES string of the molecule is O=C(COc1ccccc1)NCC(O)c1ccc(-c2ccco2)s1. The Morgan fingerprint density at radius 2 is 2.00 bits per heavy atom.